The molecule has 1 rings (SSSR count). The average molecular weight is 236 g/mol. The predicted molar refractivity (Wildman–Crippen MR) is 71.4 cm³/mol. The van der Waals surface area contributed by atoms with E-state index in [1.165, 1.54) is 5.56 Å². The molecule has 0 saturated carbocycles. The van der Waals surface area contributed by atoms with Gasteiger partial charge >= 0.3 is 0 Å². The summed E-state index contributed by atoms with van der Waals surface area (Å²) in [6, 6.07) is 10.4. The van der Waals surface area contributed by atoms with Crippen LogP contribution in [0.1, 0.15) is 38.4 Å². The van der Waals surface area contributed by atoms with Crippen LogP contribution in [0, 0.1) is 5.92 Å². The lowest BCUT2D eigenvalue weighted by atomic mass is 9.89. The third-order valence-corrected chi connectivity index (χ3v) is 3.26. The van der Waals surface area contributed by atoms with Crippen molar-refractivity contribution < 1.29 is 4.74 Å². The molecule has 3 heteroatoms. The fourth-order valence-electron chi connectivity index (χ4n) is 2.32. The lowest BCUT2D eigenvalue weighted by molar-refractivity contribution is 0.0475. The number of rotatable bonds is 7. The summed E-state index contributed by atoms with van der Waals surface area (Å²) in [5, 5.41) is 0. The number of hydrogen-bond donors (Lipinski definition) is 2. The van der Waals surface area contributed by atoms with Crippen molar-refractivity contribution >= 4 is 0 Å². The van der Waals surface area contributed by atoms with Gasteiger partial charge in [-0.15, -0.1) is 0 Å². The first-order valence-electron chi connectivity index (χ1n) is 6.28. The molecule has 0 aliphatic heterocycles. The summed E-state index contributed by atoms with van der Waals surface area (Å²) in [4.78, 5) is 0. The molecule has 1 aromatic rings. The Kier molecular flexibility index (Phi) is 6.19. The van der Waals surface area contributed by atoms with Crippen LogP contribution in [0.4, 0.5) is 0 Å². The van der Waals surface area contributed by atoms with E-state index in [0.29, 0.717) is 5.92 Å². The summed E-state index contributed by atoms with van der Waals surface area (Å²) < 4.78 is 5.61. The Labute approximate surface area is 104 Å². The van der Waals surface area contributed by atoms with Crippen LogP contribution in [0.3, 0.4) is 0 Å². The van der Waals surface area contributed by atoms with Gasteiger partial charge in [-0.1, -0.05) is 50.6 Å². The summed E-state index contributed by atoms with van der Waals surface area (Å²) in [6.45, 7) is 4.40. The van der Waals surface area contributed by atoms with Gasteiger partial charge in [0.2, 0.25) is 0 Å². The fraction of sp³-hybridized carbons (Fsp3) is 0.571. The minimum Gasteiger partial charge on any atom is -0.375 e. The van der Waals surface area contributed by atoms with E-state index >= 15 is 0 Å². The van der Waals surface area contributed by atoms with Gasteiger partial charge in [-0.3, -0.25) is 11.3 Å². The Morgan fingerprint density at radius 1 is 1.29 bits per heavy atom. The molecule has 0 fully saturated rings. The van der Waals surface area contributed by atoms with Gasteiger partial charge in [0.1, 0.15) is 0 Å². The monoisotopic (exact) mass is 236 g/mol. The average Bonchev–Trinajstić information content (AvgIpc) is 2.37. The zero-order valence-electron chi connectivity index (χ0n) is 11.0. The molecule has 0 radical (unpaired) electrons. The van der Waals surface area contributed by atoms with Gasteiger partial charge in [0.05, 0.1) is 12.1 Å². The minimum absolute atomic E-state index is 0.00255. The van der Waals surface area contributed by atoms with Crippen molar-refractivity contribution in [3.05, 3.63) is 35.9 Å². The number of hydrazine groups is 1. The van der Waals surface area contributed by atoms with Crippen LogP contribution in [0.15, 0.2) is 30.3 Å². The molecule has 0 aliphatic carbocycles. The van der Waals surface area contributed by atoms with E-state index in [4.69, 9.17) is 10.6 Å². The van der Waals surface area contributed by atoms with E-state index in [9.17, 15) is 0 Å². The van der Waals surface area contributed by atoms with E-state index < -0.39 is 0 Å². The molecule has 0 spiro atoms. The number of ether oxygens (including phenoxy) is 1. The van der Waals surface area contributed by atoms with Gasteiger partial charge in [-0.05, 0) is 17.9 Å². The highest BCUT2D eigenvalue weighted by Crippen LogP contribution is 2.26. The van der Waals surface area contributed by atoms with E-state index in [1.807, 2.05) is 18.2 Å². The number of methoxy groups -OCH3 is 1. The Bertz CT molecular complexity index is 302. The second-order valence-corrected chi connectivity index (χ2v) is 4.53. The first-order chi connectivity index (χ1) is 8.24. The Morgan fingerprint density at radius 3 is 2.41 bits per heavy atom. The number of benzene rings is 1. The van der Waals surface area contributed by atoms with Gasteiger partial charge in [0.25, 0.3) is 0 Å². The highest BCUT2D eigenvalue weighted by atomic mass is 16.5. The van der Waals surface area contributed by atoms with Crippen molar-refractivity contribution in [1.82, 2.24) is 5.43 Å². The van der Waals surface area contributed by atoms with Gasteiger partial charge in [-0.25, -0.2) is 0 Å². The Balaban J connectivity index is 2.83. The standard InChI is InChI=1S/C14H24N2O/c1-4-8-11(2)13(16-15)14(17-3)12-9-6-5-7-10-12/h5-7,9-11,13-14,16H,4,8,15H2,1-3H3. The van der Waals surface area contributed by atoms with Crippen molar-refractivity contribution in [2.75, 3.05) is 7.11 Å². The minimum atomic E-state index is 0.00255. The van der Waals surface area contributed by atoms with Gasteiger partial charge in [0, 0.05) is 7.11 Å². The van der Waals surface area contributed by atoms with E-state index in [2.05, 4.69) is 31.4 Å². The quantitative estimate of drug-likeness (QED) is 0.565. The highest BCUT2D eigenvalue weighted by molar-refractivity contribution is 5.19. The largest absolute Gasteiger partial charge is 0.375 e. The molecule has 0 aromatic heterocycles. The van der Waals surface area contributed by atoms with Crippen LogP contribution in [0.5, 0.6) is 0 Å². The summed E-state index contributed by atoms with van der Waals surface area (Å²) in [7, 11) is 1.74. The van der Waals surface area contributed by atoms with Crippen molar-refractivity contribution in [1.29, 1.82) is 0 Å². The normalized spacial score (nSPS) is 16.5. The third kappa shape index (κ3) is 3.80. The number of hydrogen-bond acceptors (Lipinski definition) is 3. The van der Waals surface area contributed by atoms with Crippen molar-refractivity contribution in [2.45, 2.75) is 38.8 Å². The topological polar surface area (TPSA) is 47.3 Å². The lowest BCUT2D eigenvalue weighted by Crippen LogP contribution is -2.44. The first-order valence-corrected chi connectivity index (χ1v) is 6.28. The molecule has 17 heavy (non-hydrogen) atoms. The molecule has 3 atom stereocenters. The van der Waals surface area contributed by atoms with Crippen molar-refractivity contribution in [2.24, 2.45) is 11.8 Å². The van der Waals surface area contributed by atoms with E-state index in [0.717, 1.165) is 12.8 Å². The molecule has 0 aliphatic rings. The molecule has 1 aromatic carbocycles. The molecule has 0 amide bonds. The molecule has 3 nitrogen and oxygen atoms in total. The number of nitrogens with two attached hydrogens (primary N) is 1. The maximum absolute atomic E-state index is 5.69. The molecule has 0 heterocycles. The second-order valence-electron chi connectivity index (χ2n) is 4.53. The molecule has 0 saturated heterocycles. The maximum Gasteiger partial charge on any atom is 0.0990 e. The van der Waals surface area contributed by atoms with Crippen LogP contribution >= 0.6 is 0 Å². The van der Waals surface area contributed by atoms with Crippen molar-refractivity contribution in [3.8, 4) is 0 Å². The van der Waals surface area contributed by atoms with Crippen LogP contribution < -0.4 is 11.3 Å². The molecule has 96 valence electrons. The summed E-state index contributed by atoms with van der Waals surface area (Å²) >= 11 is 0. The Hall–Kier alpha value is -0.900. The zero-order valence-corrected chi connectivity index (χ0v) is 11.0. The fourth-order valence-corrected chi connectivity index (χ4v) is 2.32. The van der Waals surface area contributed by atoms with E-state index in [1.54, 1.807) is 7.11 Å². The van der Waals surface area contributed by atoms with Crippen molar-refractivity contribution in [3.63, 3.8) is 0 Å². The second kappa shape index (κ2) is 7.43. The third-order valence-electron chi connectivity index (χ3n) is 3.26. The van der Waals surface area contributed by atoms with Crippen LogP contribution in [0.25, 0.3) is 0 Å². The van der Waals surface area contributed by atoms with Gasteiger partial charge < -0.3 is 4.74 Å². The molecular weight excluding hydrogens is 212 g/mol. The van der Waals surface area contributed by atoms with Gasteiger partial charge in [0.15, 0.2) is 0 Å². The van der Waals surface area contributed by atoms with Crippen LogP contribution in [-0.4, -0.2) is 13.2 Å². The maximum atomic E-state index is 5.69. The van der Waals surface area contributed by atoms with E-state index in [-0.39, 0.29) is 12.1 Å². The first kappa shape index (κ1) is 14.2. The molecule has 3 unspecified atom stereocenters. The van der Waals surface area contributed by atoms with Gasteiger partial charge in [-0.2, -0.15) is 0 Å². The van der Waals surface area contributed by atoms with Crippen LogP contribution in [0.2, 0.25) is 0 Å². The Morgan fingerprint density at radius 2 is 1.94 bits per heavy atom. The summed E-state index contributed by atoms with van der Waals surface area (Å²) in [6.07, 6.45) is 2.30. The molecule has 3 N–H and O–H groups in total. The highest BCUT2D eigenvalue weighted by Gasteiger charge is 2.26. The number of nitrogens with one attached hydrogen (secondary N) is 1. The smallest absolute Gasteiger partial charge is 0.0990 e. The van der Waals surface area contributed by atoms with Crippen LogP contribution in [-0.2, 0) is 4.74 Å². The predicted octanol–water partition coefficient (Wildman–Crippen LogP) is 2.64. The molecular formula is C14H24N2O. The SMILES string of the molecule is CCCC(C)C(NN)C(OC)c1ccccc1. The summed E-state index contributed by atoms with van der Waals surface area (Å²) in [5.74, 6) is 6.17. The summed E-state index contributed by atoms with van der Waals surface area (Å²) in [5.41, 5.74) is 4.08. The zero-order chi connectivity index (χ0) is 12.7. The molecule has 0 bridgehead atoms. The lowest BCUT2D eigenvalue weighted by Gasteiger charge is -2.30.